The van der Waals surface area contributed by atoms with Gasteiger partial charge in [-0.2, -0.15) is 0 Å². The van der Waals surface area contributed by atoms with E-state index >= 15 is 0 Å². The van der Waals surface area contributed by atoms with Crippen molar-refractivity contribution < 1.29 is 4.74 Å². The molecule has 0 aliphatic heterocycles. The van der Waals surface area contributed by atoms with Crippen molar-refractivity contribution in [3.8, 4) is 0 Å². The molecule has 0 aliphatic carbocycles. The molecule has 5 heteroatoms. The summed E-state index contributed by atoms with van der Waals surface area (Å²) in [6, 6.07) is 2.21. The highest BCUT2D eigenvalue weighted by Gasteiger charge is 2.10. The maximum atomic E-state index is 5.37. The van der Waals surface area contributed by atoms with Gasteiger partial charge in [0.25, 0.3) is 0 Å². The fourth-order valence-corrected chi connectivity index (χ4v) is 2.34. The van der Waals surface area contributed by atoms with Gasteiger partial charge in [-0.25, -0.2) is 0 Å². The van der Waals surface area contributed by atoms with Crippen molar-refractivity contribution in [1.82, 2.24) is 5.43 Å². The maximum Gasteiger partial charge on any atom is 0.0702 e. The van der Waals surface area contributed by atoms with Gasteiger partial charge in [0.1, 0.15) is 0 Å². The molecule has 0 radical (unpaired) electrons. The molecular weight excluding hydrogens is 287 g/mol. The SMILES string of the molecule is COCC(NN)c1csc(I)c1. The van der Waals surface area contributed by atoms with Crippen LogP contribution in [0.4, 0.5) is 0 Å². The van der Waals surface area contributed by atoms with Crippen LogP contribution in [0.5, 0.6) is 0 Å². The maximum absolute atomic E-state index is 5.37. The van der Waals surface area contributed by atoms with E-state index in [-0.39, 0.29) is 6.04 Å². The van der Waals surface area contributed by atoms with Gasteiger partial charge in [0, 0.05) is 7.11 Å². The number of hydrogen-bond donors (Lipinski definition) is 2. The molecule has 0 bridgehead atoms. The molecule has 0 aromatic carbocycles. The van der Waals surface area contributed by atoms with E-state index in [0.717, 1.165) is 0 Å². The lowest BCUT2D eigenvalue weighted by atomic mass is 10.2. The van der Waals surface area contributed by atoms with E-state index in [1.54, 1.807) is 18.4 Å². The number of hydrazine groups is 1. The zero-order chi connectivity index (χ0) is 8.97. The van der Waals surface area contributed by atoms with Crippen LogP contribution in [0.25, 0.3) is 0 Å². The Labute approximate surface area is 89.4 Å². The Morgan fingerprint density at radius 3 is 3.00 bits per heavy atom. The lowest BCUT2D eigenvalue weighted by Crippen LogP contribution is -2.30. The van der Waals surface area contributed by atoms with Crippen LogP contribution in [0.15, 0.2) is 11.4 Å². The van der Waals surface area contributed by atoms with Crippen molar-refractivity contribution >= 4 is 33.9 Å². The van der Waals surface area contributed by atoms with Crippen LogP contribution in [0.1, 0.15) is 11.6 Å². The number of ether oxygens (including phenoxy) is 1. The van der Waals surface area contributed by atoms with E-state index in [1.165, 1.54) is 8.45 Å². The molecule has 1 atom stereocenters. The first kappa shape index (κ1) is 10.4. The van der Waals surface area contributed by atoms with E-state index in [4.69, 9.17) is 10.6 Å². The molecule has 0 aliphatic rings. The Morgan fingerprint density at radius 2 is 2.58 bits per heavy atom. The monoisotopic (exact) mass is 298 g/mol. The van der Waals surface area contributed by atoms with Gasteiger partial charge in [0.15, 0.2) is 0 Å². The fourth-order valence-electron chi connectivity index (χ4n) is 0.913. The van der Waals surface area contributed by atoms with Crippen molar-refractivity contribution in [1.29, 1.82) is 0 Å². The Bertz CT molecular complexity index is 241. The molecule has 0 saturated carbocycles. The average Bonchev–Trinajstić information content (AvgIpc) is 2.47. The van der Waals surface area contributed by atoms with E-state index in [2.05, 4.69) is 39.5 Å². The zero-order valence-electron chi connectivity index (χ0n) is 6.71. The van der Waals surface area contributed by atoms with Gasteiger partial charge < -0.3 is 4.74 Å². The standard InChI is InChI=1S/C7H11IN2OS/c1-11-3-6(10-9)5-2-7(8)12-4-5/h2,4,6,10H,3,9H2,1H3. The summed E-state index contributed by atoms with van der Waals surface area (Å²) in [6.45, 7) is 0.601. The Hall–Kier alpha value is 0.310. The topological polar surface area (TPSA) is 47.3 Å². The molecule has 68 valence electrons. The van der Waals surface area contributed by atoms with Crippen molar-refractivity contribution in [3.05, 3.63) is 19.9 Å². The number of thiophene rings is 1. The molecule has 3 nitrogen and oxygen atoms in total. The largest absolute Gasteiger partial charge is 0.383 e. The smallest absolute Gasteiger partial charge is 0.0702 e. The normalized spacial score (nSPS) is 13.2. The second kappa shape index (κ2) is 5.13. The molecule has 0 fully saturated rings. The predicted molar refractivity (Wildman–Crippen MR) is 59.0 cm³/mol. The van der Waals surface area contributed by atoms with Crippen LogP contribution >= 0.6 is 33.9 Å². The van der Waals surface area contributed by atoms with Gasteiger partial charge in [0.2, 0.25) is 0 Å². The lowest BCUT2D eigenvalue weighted by molar-refractivity contribution is 0.167. The summed E-state index contributed by atoms with van der Waals surface area (Å²) in [4.78, 5) is 0. The molecule has 1 aromatic rings. The molecule has 1 rings (SSSR count). The quantitative estimate of drug-likeness (QED) is 0.503. The Kier molecular flexibility index (Phi) is 4.44. The van der Waals surface area contributed by atoms with Crippen LogP contribution < -0.4 is 11.3 Å². The summed E-state index contributed by atoms with van der Waals surface area (Å²) in [5.41, 5.74) is 3.90. The minimum atomic E-state index is 0.106. The summed E-state index contributed by atoms with van der Waals surface area (Å²) in [5, 5.41) is 2.09. The first-order valence-corrected chi connectivity index (χ1v) is 5.42. The van der Waals surface area contributed by atoms with Gasteiger partial charge in [-0.05, 0) is 39.6 Å². The van der Waals surface area contributed by atoms with Crippen molar-refractivity contribution in [2.24, 2.45) is 5.84 Å². The average molecular weight is 298 g/mol. The second-order valence-electron chi connectivity index (χ2n) is 2.36. The molecule has 1 heterocycles. The van der Waals surface area contributed by atoms with E-state index in [9.17, 15) is 0 Å². The third-order valence-electron chi connectivity index (χ3n) is 1.52. The minimum Gasteiger partial charge on any atom is -0.383 e. The Morgan fingerprint density at radius 1 is 1.83 bits per heavy atom. The molecule has 0 spiro atoms. The zero-order valence-corrected chi connectivity index (χ0v) is 9.68. The number of nitrogens with two attached hydrogens (primary N) is 1. The van der Waals surface area contributed by atoms with Crippen LogP contribution in [0.3, 0.4) is 0 Å². The van der Waals surface area contributed by atoms with Crippen molar-refractivity contribution in [3.63, 3.8) is 0 Å². The summed E-state index contributed by atoms with van der Waals surface area (Å²) in [7, 11) is 1.67. The predicted octanol–water partition coefficient (Wildman–Crippen LogP) is 1.50. The highest BCUT2D eigenvalue weighted by Crippen LogP contribution is 2.21. The van der Waals surface area contributed by atoms with Crippen LogP contribution in [0, 0.1) is 2.88 Å². The Balaban J connectivity index is 2.66. The molecule has 12 heavy (non-hydrogen) atoms. The van der Waals surface area contributed by atoms with Gasteiger partial charge in [-0.15, -0.1) is 11.3 Å². The molecular formula is C7H11IN2OS. The van der Waals surface area contributed by atoms with Gasteiger partial charge in [-0.3, -0.25) is 11.3 Å². The summed E-state index contributed by atoms with van der Waals surface area (Å²) in [6.07, 6.45) is 0. The van der Waals surface area contributed by atoms with Crippen LogP contribution in [-0.4, -0.2) is 13.7 Å². The third kappa shape index (κ3) is 2.67. The number of methoxy groups -OCH3 is 1. The van der Waals surface area contributed by atoms with Gasteiger partial charge >= 0.3 is 0 Å². The number of halogens is 1. The summed E-state index contributed by atoms with van der Waals surface area (Å²) >= 11 is 4.00. The van der Waals surface area contributed by atoms with E-state index in [0.29, 0.717) is 6.61 Å². The summed E-state index contributed by atoms with van der Waals surface area (Å²) in [5.74, 6) is 5.37. The molecule has 0 saturated heterocycles. The molecule has 0 amide bonds. The molecule has 1 aromatic heterocycles. The van der Waals surface area contributed by atoms with Gasteiger partial charge in [0.05, 0.1) is 15.5 Å². The first-order valence-electron chi connectivity index (χ1n) is 3.47. The number of hydrogen-bond acceptors (Lipinski definition) is 4. The molecule has 1 unspecified atom stereocenters. The van der Waals surface area contributed by atoms with Crippen LogP contribution in [0.2, 0.25) is 0 Å². The lowest BCUT2D eigenvalue weighted by Gasteiger charge is -2.12. The number of nitrogens with one attached hydrogen (secondary N) is 1. The number of rotatable bonds is 4. The summed E-state index contributed by atoms with van der Waals surface area (Å²) < 4.78 is 6.28. The van der Waals surface area contributed by atoms with Gasteiger partial charge in [-0.1, -0.05) is 0 Å². The highest BCUT2D eigenvalue weighted by atomic mass is 127. The van der Waals surface area contributed by atoms with E-state index < -0.39 is 0 Å². The van der Waals surface area contributed by atoms with Crippen molar-refractivity contribution in [2.75, 3.05) is 13.7 Å². The molecule has 3 N–H and O–H groups in total. The van der Waals surface area contributed by atoms with E-state index in [1.807, 2.05) is 0 Å². The minimum absolute atomic E-state index is 0.106. The highest BCUT2D eigenvalue weighted by molar-refractivity contribution is 14.1. The fraction of sp³-hybridized carbons (Fsp3) is 0.429. The first-order chi connectivity index (χ1) is 5.77. The van der Waals surface area contributed by atoms with Crippen LogP contribution in [-0.2, 0) is 4.74 Å². The van der Waals surface area contributed by atoms with Crippen molar-refractivity contribution in [2.45, 2.75) is 6.04 Å². The second-order valence-corrected chi connectivity index (χ2v) is 5.16. The third-order valence-corrected chi connectivity index (χ3v) is 3.33.